The van der Waals surface area contributed by atoms with Crippen LogP contribution in [-0.4, -0.2) is 32.6 Å². The van der Waals surface area contributed by atoms with Crippen LogP contribution in [0.25, 0.3) is 0 Å². The van der Waals surface area contributed by atoms with Crippen molar-refractivity contribution in [1.29, 1.82) is 0 Å². The van der Waals surface area contributed by atoms with Crippen molar-refractivity contribution in [3.05, 3.63) is 59.9 Å². The maximum absolute atomic E-state index is 12.1. The molecule has 0 spiro atoms. The monoisotopic (exact) mass is 319 g/mol. The van der Waals surface area contributed by atoms with Crippen LogP contribution in [0.3, 0.4) is 0 Å². The second kappa shape index (κ2) is 6.57. The van der Waals surface area contributed by atoms with Gasteiger partial charge in [0.15, 0.2) is 0 Å². The van der Waals surface area contributed by atoms with E-state index in [1.807, 2.05) is 12.1 Å². The number of benzene rings is 1. The van der Waals surface area contributed by atoms with E-state index in [0.29, 0.717) is 17.8 Å². The molecule has 0 atom stereocenters. The van der Waals surface area contributed by atoms with E-state index in [0.717, 1.165) is 16.1 Å². The summed E-state index contributed by atoms with van der Waals surface area (Å²) in [5, 5.41) is 2.79. The van der Waals surface area contributed by atoms with Gasteiger partial charge in [0.1, 0.15) is 0 Å². The summed E-state index contributed by atoms with van der Waals surface area (Å²) in [6.45, 7) is 0.382. The molecular weight excluding hydrogens is 302 g/mol. The Hall–Kier alpha value is -2.41. The fraction of sp³-hybridized carbons (Fsp3) is 0.200. The third-order valence-electron chi connectivity index (χ3n) is 3.17. The number of carbonyl (C=O) groups excluding carboxylic acids is 1. The number of pyridine rings is 1. The average molecular weight is 319 g/mol. The van der Waals surface area contributed by atoms with Gasteiger partial charge in [0, 0.05) is 31.5 Å². The van der Waals surface area contributed by atoms with Gasteiger partial charge in [0.2, 0.25) is 10.0 Å². The zero-order chi connectivity index (χ0) is 16.2. The summed E-state index contributed by atoms with van der Waals surface area (Å²) in [6, 6.07) is 10.1. The van der Waals surface area contributed by atoms with Gasteiger partial charge < -0.3 is 5.32 Å². The standard InChI is InChI=1S/C15H17N3O3S/c1-18(22(2,20)21)14-5-3-4-13(10-14)15(19)17-11-12-6-8-16-9-7-12/h3-10H,11H2,1-2H3,(H,17,19). The first kappa shape index (κ1) is 16.0. The molecule has 0 radical (unpaired) electrons. The first-order valence-electron chi connectivity index (χ1n) is 6.59. The van der Waals surface area contributed by atoms with E-state index < -0.39 is 10.0 Å². The van der Waals surface area contributed by atoms with E-state index in [2.05, 4.69) is 10.3 Å². The highest BCUT2D eigenvalue weighted by atomic mass is 32.2. The third-order valence-corrected chi connectivity index (χ3v) is 4.38. The summed E-state index contributed by atoms with van der Waals surface area (Å²) in [7, 11) is -1.91. The van der Waals surface area contributed by atoms with Gasteiger partial charge in [-0.2, -0.15) is 0 Å². The molecule has 1 aromatic carbocycles. The van der Waals surface area contributed by atoms with Crippen LogP contribution >= 0.6 is 0 Å². The molecule has 22 heavy (non-hydrogen) atoms. The molecule has 0 saturated carbocycles. The SMILES string of the molecule is CN(c1cccc(C(=O)NCc2ccncc2)c1)S(C)(=O)=O. The molecule has 0 saturated heterocycles. The largest absolute Gasteiger partial charge is 0.348 e. The average Bonchev–Trinajstić information content (AvgIpc) is 2.52. The van der Waals surface area contributed by atoms with Crippen LogP contribution in [0.4, 0.5) is 5.69 Å². The fourth-order valence-corrected chi connectivity index (χ4v) is 2.32. The first-order valence-corrected chi connectivity index (χ1v) is 8.44. The Morgan fingerprint density at radius 3 is 2.55 bits per heavy atom. The molecular formula is C15H17N3O3S. The summed E-state index contributed by atoms with van der Waals surface area (Å²) >= 11 is 0. The van der Waals surface area contributed by atoms with Crippen molar-refractivity contribution in [2.45, 2.75) is 6.54 Å². The lowest BCUT2D eigenvalue weighted by Gasteiger charge is -2.17. The quantitative estimate of drug-likeness (QED) is 0.903. The van der Waals surface area contributed by atoms with Gasteiger partial charge in [0.25, 0.3) is 5.91 Å². The molecule has 1 amide bonds. The lowest BCUT2D eigenvalue weighted by atomic mass is 10.2. The maximum atomic E-state index is 12.1. The van der Waals surface area contributed by atoms with Gasteiger partial charge in [0.05, 0.1) is 11.9 Å². The fourth-order valence-electron chi connectivity index (χ4n) is 1.82. The molecule has 1 heterocycles. The van der Waals surface area contributed by atoms with Crippen LogP contribution in [0.2, 0.25) is 0 Å². The number of amides is 1. The van der Waals surface area contributed by atoms with Gasteiger partial charge in [-0.1, -0.05) is 6.07 Å². The summed E-state index contributed by atoms with van der Waals surface area (Å²) in [5.74, 6) is -0.263. The number of nitrogens with one attached hydrogen (secondary N) is 1. The van der Waals surface area contributed by atoms with E-state index in [1.54, 1.807) is 36.7 Å². The van der Waals surface area contributed by atoms with Crippen LogP contribution in [-0.2, 0) is 16.6 Å². The molecule has 0 aliphatic heterocycles. The number of anilines is 1. The lowest BCUT2D eigenvalue weighted by molar-refractivity contribution is 0.0951. The van der Waals surface area contributed by atoms with Gasteiger partial charge in [-0.25, -0.2) is 8.42 Å². The maximum Gasteiger partial charge on any atom is 0.251 e. The van der Waals surface area contributed by atoms with Crippen molar-refractivity contribution in [1.82, 2.24) is 10.3 Å². The Balaban J connectivity index is 2.11. The zero-order valence-corrected chi connectivity index (χ0v) is 13.2. The van der Waals surface area contributed by atoms with Gasteiger partial charge in [-0.05, 0) is 35.9 Å². The molecule has 1 aromatic heterocycles. The van der Waals surface area contributed by atoms with Crippen LogP contribution < -0.4 is 9.62 Å². The summed E-state index contributed by atoms with van der Waals surface area (Å²) in [4.78, 5) is 16.1. The van der Waals surface area contributed by atoms with Crippen LogP contribution in [0.5, 0.6) is 0 Å². The number of aromatic nitrogens is 1. The van der Waals surface area contributed by atoms with E-state index in [-0.39, 0.29) is 5.91 Å². The van der Waals surface area contributed by atoms with Crippen molar-refractivity contribution in [2.75, 3.05) is 17.6 Å². The highest BCUT2D eigenvalue weighted by molar-refractivity contribution is 7.92. The van der Waals surface area contributed by atoms with Gasteiger partial charge in [-0.3, -0.25) is 14.1 Å². The number of carbonyl (C=O) groups is 1. The van der Waals surface area contributed by atoms with Crippen LogP contribution in [0, 0.1) is 0 Å². The van der Waals surface area contributed by atoms with E-state index in [9.17, 15) is 13.2 Å². The second-order valence-electron chi connectivity index (χ2n) is 4.82. The molecule has 6 nitrogen and oxygen atoms in total. The summed E-state index contributed by atoms with van der Waals surface area (Å²) in [6.07, 6.45) is 4.43. The molecule has 2 rings (SSSR count). The van der Waals surface area contributed by atoms with E-state index in [4.69, 9.17) is 0 Å². The molecule has 0 fully saturated rings. The van der Waals surface area contributed by atoms with Crippen molar-refractivity contribution in [3.63, 3.8) is 0 Å². The number of nitrogens with zero attached hydrogens (tertiary/aromatic N) is 2. The molecule has 0 aliphatic rings. The minimum Gasteiger partial charge on any atom is -0.348 e. The molecule has 1 N–H and O–H groups in total. The highest BCUT2D eigenvalue weighted by Crippen LogP contribution is 2.17. The van der Waals surface area contributed by atoms with Crippen molar-refractivity contribution in [3.8, 4) is 0 Å². The minimum absolute atomic E-state index is 0.263. The number of hydrogen-bond donors (Lipinski definition) is 1. The topological polar surface area (TPSA) is 79.4 Å². The van der Waals surface area contributed by atoms with Gasteiger partial charge in [-0.15, -0.1) is 0 Å². The Kier molecular flexibility index (Phi) is 4.77. The van der Waals surface area contributed by atoms with Gasteiger partial charge >= 0.3 is 0 Å². The smallest absolute Gasteiger partial charge is 0.251 e. The molecule has 116 valence electrons. The summed E-state index contributed by atoms with van der Waals surface area (Å²) < 4.78 is 24.2. The van der Waals surface area contributed by atoms with Crippen LogP contribution in [0.15, 0.2) is 48.8 Å². The Morgan fingerprint density at radius 1 is 1.23 bits per heavy atom. The molecule has 2 aromatic rings. The molecule has 0 bridgehead atoms. The van der Waals surface area contributed by atoms with Crippen molar-refractivity contribution < 1.29 is 13.2 Å². The molecule has 7 heteroatoms. The predicted molar refractivity (Wildman–Crippen MR) is 85.1 cm³/mol. The number of sulfonamides is 1. The zero-order valence-electron chi connectivity index (χ0n) is 12.4. The minimum atomic E-state index is -3.36. The number of rotatable bonds is 5. The normalized spacial score (nSPS) is 11.0. The van der Waals surface area contributed by atoms with Crippen molar-refractivity contribution in [2.24, 2.45) is 0 Å². The molecule has 0 unspecified atom stereocenters. The highest BCUT2D eigenvalue weighted by Gasteiger charge is 2.14. The lowest BCUT2D eigenvalue weighted by Crippen LogP contribution is -2.26. The van der Waals surface area contributed by atoms with Crippen LogP contribution in [0.1, 0.15) is 15.9 Å². The predicted octanol–water partition coefficient (Wildman–Crippen LogP) is 1.41. The van der Waals surface area contributed by atoms with Crippen molar-refractivity contribution >= 4 is 21.6 Å². The molecule has 0 aliphatic carbocycles. The third kappa shape index (κ3) is 4.05. The summed E-state index contributed by atoms with van der Waals surface area (Å²) in [5.41, 5.74) is 1.79. The first-order chi connectivity index (χ1) is 10.4. The Labute approximate surface area is 129 Å². The second-order valence-corrected chi connectivity index (χ2v) is 6.83. The Morgan fingerprint density at radius 2 is 1.91 bits per heavy atom. The van der Waals surface area contributed by atoms with E-state index >= 15 is 0 Å². The Bertz CT molecular complexity index is 761. The van der Waals surface area contributed by atoms with E-state index in [1.165, 1.54) is 7.05 Å². The number of hydrogen-bond acceptors (Lipinski definition) is 4.